The third-order valence-corrected chi connectivity index (χ3v) is 5.86. The van der Waals surface area contributed by atoms with Crippen LogP contribution in [0.15, 0.2) is 48.5 Å². The highest BCUT2D eigenvalue weighted by Crippen LogP contribution is 2.39. The van der Waals surface area contributed by atoms with Gasteiger partial charge in [0, 0.05) is 24.6 Å². The molecule has 6 nitrogen and oxygen atoms in total. The quantitative estimate of drug-likeness (QED) is 0.873. The maximum atomic E-state index is 12.8. The van der Waals surface area contributed by atoms with Gasteiger partial charge in [-0.3, -0.25) is 9.10 Å². The fraction of sp³-hybridized carbons (Fsp3) is 0.350. The van der Waals surface area contributed by atoms with Crippen molar-refractivity contribution in [3.8, 4) is 5.75 Å². The number of hydrogen-bond acceptors (Lipinski definition) is 4. The summed E-state index contributed by atoms with van der Waals surface area (Å²) in [5.74, 6) is 0.515. The minimum atomic E-state index is -3.40. The van der Waals surface area contributed by atoms with Crippen LogP contribution in [0.5, 0.6) is 5.75 Å². The normalized spacial score (nSPS) is 18.1. The summed E-state index contributed by atoms with van der Waals surface area (Å²) in [6, 6.07) is 14.1. The number of amides is 1. The molecule has 1 aliphatic rings. The Hall–Kier alpha value is -2.54. The summed E-state index contributed by atoms with van der Waals surface area (Å²) in [5, 5.41) is 3.06. The number of ether oxygens (including phenoxy) is 1. The molecule has 144 valence electrons. The predicted octanol–water partition coefficient (Wildman–Crippen LogP) is 3.11. The van der Waals surface area contributed by atoms with Crippen molar-refractivity contribution in [2.75, 3.05) is 17.6 Å². The van der Waals surface area contributed by atoms with Crippen molar-refractivity contribution in [1.82, 2.24) is 5.32 Å². The van der Waals surface area contributed by atoms with Crippen molar-refractivity contribution in [3.05, 3.63) is 59.7 Å². The second kappa shape index (κ2) is 6.88. The van der Waals surface area contributed by atoms with Crippen molar-refractivity contribution in [1.29, 1.82) is 0 Å². The Labute approximate surface area is 160 Å². The van der Waals surface area contributed by atoms with Crippen LogP contribution in [-0.2, 0) is 10.0 Å². The molecule has 0 spiro atoms. The Bertz CT molecular complexity index is 969. The first-order chi connectivity index (χ1) is 12.6. The van der Waals surface area contributed by atoms with Crippen LogP contribution >= 0.6 is 0 Å². The molecule has 2 aromatic carbocycles. The predicted molar refractivity (Wildman–Crippen MR) is 106 cm³/mol. The van der Waals surface area contributed by atoms with E-state index in [1.165, 1.54) is 7.05 Å². The van der Waals surface area contributed by atoms with Gasteiger partial charge < -0.3 is 10.1 Å². The maximum absolute atomic E-state index is 12.8. The molecule has 1 N–H and O–H groups in total. The van der Waals surface area contributed by atoms with E-state index in [4.69, 9.17) is 4.74 Å². The minimum Gasteiger partial charge on any atom is -0.487 e. The average molecular weight is 388 g/mol. The minimum absolute atomic E-state index is 0.186. The summed E-state index contributed by atoms with van der Waals surface area (Å²) < 4.78 is 30.6. The molecule has 0 fully saturated rings. The number of benzene rings is 2. The molecule has 3 rings (SSSR count). The molecule has 1 amide bonds. The highest BCUT2D eigenvalue weighted by atomic mass is 32.2. The molecule has 1 unspecified atom stereocenters. The van der Waals surface area contributed by atoms with Crippen LogP contribution in [0.1, 0.15) is 42.2 Å². The van der Waals surface area contributed by atoms with E-state index in [0.717, 1.165) is 21.9 Å². The lowest BCUT2D eigenvalue weighted by atomic mass is 9.89. The average Bonchev–Trinajstić information content (AvgIpc) is 2.59. The summed E-state index contributed by atoms with van der Waals surface area (Å²) in [5.41, 5.74) is 1.39. The van der Waals surface area contributed by atoms with Gasteiger partial charge in [0.05, 0.1) is 18.0 Å². The number of carbonyl (C=O) groups excluding carboxylic acids is 1. The van der Waals surface area contributed by atoms with Gasteiger partial charge in [0.2, 0.25) is 10.0 Å². The van der Waals surface area contributed by atoms with Crippen LogP contribution < -0.4 is 14.4 Å². The van der Waals surface area contributed by atoms with Crippen LogP contribution in [0.2, 0.25) is 0 Å². The number of rotatable bonds is 4. The molecule has 0 aliphatic carbocycles. The van der Waals surface area contributed by atoms with Crippen molar-refractivity contribution >= 4 is 21.6 Å². The number of nitrogens with one attached hydrogen (secondary N) is 1. The topological polar surface area (TPSA) is 75.7 Å². The molecule has 0 saturated carbocycles. The van der Waals surface area contributed by atoms with Gasteiger partial charge in [-0.25, -0.2) is 8.42 Å². The van der Waals surface area contributed by atoms with Gasteiger partial charge in [-0.1, -0.05) is 24.3 Å². The van der Waals surface area contributed by atoms with Gasteiger partial charge in [0.15, 0.2) is 0 Å². The van der Waals surface area contributed by atoms with Crippen LogP contribution in [-0.4, -0.2) is 33.2 Å². The second-order valence-corrected chi connectivity index (χ2v) is 9.42. The van der Waals surface area contributed by atoms with Gasteiger partial charge in [0.25, 0.3) is 5.91 Å². The number of anilines is 1. The summed E-state index contributed by atoms with van der Waals surface area (Å²) in [7, 11) is -1.93. The molecule has 1 atom stereocenters. The second-order valence-electron chi connectivity index (χ2n) is 7.41. The molecule has 2 aromatic rings. The van der Waals surface area contributed by atoms with Gasteiger partial charge in [-0.05, 0) is 38.1 Å². The summed E-state index contributed by atoms with van der Waals surface area (Å²) in [4.78, 5) is 12.8. The van der Waals surface area contributed by atoms with E-state index in [1.807, 2.05) is 38.1 Å². The summed E-state index contributed by atoms with van der Waals surface area (Å²) in [6.45, 7) is 3.98. The Morgan fingerprint density at radius 2 is 1.89 bits per heavy atom. The number of hydrogen-bond donors (Lipinski definition) is 1. The number of para-hydroxylation sites is 1. The molecule has 0 aromatic heterocycles. The van der Waals surface area contributed by atoms with E-state index in [1.54, 1.807) is 24.3 Å². The van der Waals surface area contributed by atoms with Gasteiger partial charge in [-0.15, -0.1) is 0 Å². The Morgan fingerprint density at radius 3 is 2.59 bits per heavy atom. The summed E-state index contributed by atoms with van der Waals surface area (Å²) in [6.07, 6.45) is 1.76. The lowest BCUT2D eigenvalue weighted by Crippen LogP contribution is -2.41. The first-order valence-electron chi connectivity index (χ1n) is 8.70. The zero-order valence-electron chi connectivity index (χ0n) is 15.9. The van der Waals surface area contributed by atoms with E-state index in [9.17, 15) is 13.2 Å². The van der Waals surface area contributed by atoms with E-state index in [-0.39, 0.29) is 11.9 Å². The van der Waals surface area contributed by atoms with Crippen LogP contribution in [0.25, 0.3) is 0 Å². The van der Waals surface area contributed by atoms with Crippen LogP contribution in [0.3, 0.4) is 0 Å². The van der Waals surface area contributed by atoms with E-state index < -0.39 is 15.6 Å². The van der Waals surface area contributed by atoms with Crippen molar-refractivity contribution in [2.24, 2.45) is 0 Å². The number of sulfonamides is 1. The van der Waals surface area contributed by atoms with E-state index in [2.05, 4.69) is 5.32 Å². The standard InChI is InChI=1S/C20H24N2O4S/c1-20(2)13-17(16-10-5-6-11-18(16)26-20)21-19(23)14-8-7-9-15(12-14)22(3)27(4,24)25/h5-12,17H,13H2,1-4H3,(H,21,23). The lowest BCUT2D eigenvalue weighted by molar-refractivity contribution is 0.0619. The number of nitrogens with zero attached hydrogens (tertiary/aromatic N) is 1. The number of carbonyl (C=O) groups is 1. The number of fused-ring (bicyclic) bond motifs is 1. The zero-order valence-corrected chi connectivity index (χ0v) is 16.7. The molecule has 1 heterocycles. The molecule has 0 bridgehead atoms. The molecule has 7 heteroatoms. The van der Waals surface area contributed by atoms with E-state index >= 15 is 0 Å². The monoisotopic (exact) mass is 388 g/mol. The first kappa shape index (κ1) is 19.2. The van der Waals surface area contributed by atoms with Gasteiger partial charge in [-0.2, -0.15) is 0 Å². The highest BCUT2D eigenvalue weighted by Gasteiger charge is 2.34. The fourth-order valence-electron chi connectivity index (χ4n) is 3.21. The summed E-state index contributed by atoms with van der Waals surface area (Å²) >= 11 is 0. The lowest BCUT2D eigenvalue weighted by Gasteiger charge is -2.37. The Kier molecular flexibility index (Phi) is 4.90. The SMILES string of the molecule is CN(c1cccc(C(=O)NC2CC(C)(C)Oc3ccccc32)c1)S(C)(=O)=O. The molecule has 0 saturated heterocycles. The third-order valence-electron chi connectivity index (χ3n) is 4.65. The maximum Gasteiger partial charge on any atom is 0.251 e. The zero-order chi connectivity index (χ0) is 19.8. The van der Waals surface area contributed by atoms with Crippen LogP contribution in [0.4, 0.5) is 5.69 Å². The molecular weight excluding hydrogens is 364 g/mol. The fourth-order valence-corrected chi connectivity index (χ4v) is 3.70. The molecular formula is C20H24N2O4S. The third kappa shape index (κ3) is 4.24. The molecule has 1 aliphatic heterocycles. The first-order valence-corrected chi connectivity index (χ1v) is 10.5. The largest absolute Gasteiger partial charge is 0.487 e. The highest BCUT2D eigenvalue weighted by molar-refractivity contribution is 7.92. The Balaban J connectivity index is 1.86. The Morgan fingerprint density at radius 1 is 1.19 bits per heavy atom. The van der Waals surface area contributed by atoms with E-state index in [0.29, 0.717) is 17.7 Å². The van der Waals surface area contributed by atoms with Gasteiger partial charge in [0.1, 0.15) is 11.4 Å². The van der Waals surface area contributed by atoms with Crippen molar-refractivity contribution < 1.29 is 17.9 Å². The molecule has 0 radical (unpaired) electrons. The van der Waals surface area contributed by atoms with Gasteiger partial charge >= 0.3 is 0 Å². The van der Waals surface area contributed by atoms with Crippen LogP contribution in [0, 0.1) is 0 Å². The van der Waals surface area contributed by atoms with Crippen molar-refractivity contribution in [2.45, 2.75) is 31.9 Å². The van der Waals surface area contributed by atoms with Crippen molar-refractivity contribution in [3.63, 3.8) is 0 Å². The molecule has 27 heavy (non-hydrogen) atoms. The smallest absolute Gasteiger partial charge is 0.251 e.